The number of hydrogen-bond acceptors (Lipinski definition) is 4. The van der Waals surface area contributed by atoms with E-state index in [1.807, 2.05) is 13.8 Å². The summed E-state index contributed by atoms with van der Waals surface area (Å²) in [6.07, 6.45) is 1.30. The molecule has 0 radical (unpaired) electrons. The van der Waals surface area contributed by atoms with Crippen molar-refractivity contribution in [1.82, 2.24) is 10.2 Å². The van der Waals surface area contributed by atoms with E-state index in [2.05, 4.69) is 5.32 Å². The summed E-state index contributed by atoms with van der Waals surface area (Å²) in [7, 11) is -3.85. The van der Waals surface area contributed by atoms with Crippen molar-refractivity contribution < 1.29 is 18.0 Å². The Bertz CT molecular complexity index is 1140. The molecule has 0 spiro atoms. The molecule has 0 aliphatic carbocycles. The van der Waals surface area contributed by atoms with Gasteiger partial charge in [0.05, 0.1) is 11.9 Å². The Hall–Kier alpha value is -2.00. The van der Waals surface area contributed by atoms with Crippen LogP contribution >= 0.6 is 34.8 Å². The molecule has 0 bridgehead atoms. The summed E-state index contributed by atoms with van der Waals surface area (Å²) in [5.41, 5.74) is 0.703. The second kappa shape index (κ2) is 12.8. The zero-order chi connectivity index (χ0) is 26.3. The summed E-state index contributed by atoms with van der Waals surface area (Å²) in [6, 6.07) is 10.3. The van der Waals surface area contributed by atoms with Gasteiger partial charge in [-0.1, -0.05) is 67.7 Å². The number of rotatable bonds is 11. The third-order valence-electron chi connectivity index (χ3n) is 5.24. The summed E-state index contributed by atoms with van der Waals surface area (Å²) >= 11 is 18.8. The minimum atomic E-state index is -3.85. The first-order chi connectivity index (χ1) is 16.3. The van der Waals surface area contributed by atoms with Gasteiger partial charge in [0.2, 0.25) is 21.8 Å². The Labute approximate surface area is 222 Å². The summed E-state index contributed by atoms with van der Waals surface area (Å²) in [5.74, 6) is -0.716. The molecule has 192 valence electrons. The number of nitrogens with zero attached hydrogens (tertiary/aromatic N) is 2. The maximum Gasteiger partial charge on any atom is 0.244 e. The second-order valence-electron chi connectivity index (χ2n) is 8.53. The van der Waals surface area contributed by atoms with Crippen molar-refractivity contribution in [1.29, 1.82) is 0 Å². The summed E-state index contributed by atoms with van der Waals surface area (Å²) in [4.78, 5) is 28.0. The molecule has 0 heterocycles. The SMILES string of the molecule is CCC(C(=O)NCC(C)C)N(Cc1c(Cl)cccc1Cl)C(=O)CN(c1cccc(Cl)c1)S(C)(=O)=O. The largest absolute Gasteiger partial charge is 0.354 e. The van der Waals surface area contributed by atoms with Gasteiger partial charge < -0.3 is 10.2 Å². The first-order valence-electron chi connectivity index (χ1n) is 11.1. The van der Waals surface area contributed by atoms with E-state index < -0.39 is 28.5 Å². The van der Waals surface area contributed by atoms with Gasteiger partial charge in [0.1, 0.15) is 12.6 Å². The molecule has 7 nitrogen and oxygen atoms in total. The van der Waals surface area contributed by atoms with Crippen molar-refractivity contribution in [2.45, 2.75) is 39.8 Å². The second-order valence-corrected chi connectivity index (χ2v) is 11.7. The number of benzene rings is 2. The summed E-state index contributed by atoms with van der Waals surface area (Å²) in [5, 5.41) is 3.85. The van der Waals surface area contributed by atoms with Crippen LogP contribution in [0.25, 0.3) is 0 Å². The molecule has 0 saturated heterocycles. The molecule has 1 atom stereocenters. The fourth-order valence-electron chi connectivity index (χ4n) is 3.44. The van der Waals surface area contributed by atoms with E-state index in [1.165, 1.54) is 11.0 Å². The molecule has 0 fully saturated rings. The van der Waals surface area contributed by atoms with Crippen molar-refractivity contribution >= 4 is 62.3 Å². The Morgan fingerprint density at radius 1 is 1.03 bits per heavy atom. The molecule has 0 aromatic heterocycles. The number of anilines is 1. The third kappa shape index (κ3) is 8.27. The van der Waals surface area contributed by atoms with E-state index in [0.717, 1.165) is 10.6 Å². The zero-order valence-corrected chi connectivity index (χ0v) is 23.2. The van der Waals surface area contributed by atoms with Crippen LogP contribution in [-0.4, -0.2) is 50.5 Å². The van der Waals surface area contributed by atoms with Crippen molar-refractivity contribution in [2.24, 2.45) is 5.92 Å². The molecule has 11 heteroatoms. The van der Waals surface area contributed by atoms with Gasteiger partial charge in [-0.2, -0.15) is 0 Å². The first-order valence-corrected chi connectivity index (χ1v) is 14.1. The molecule has 2 aromatic carbocycles. The van der Waals surface area contributed by atoms with Crippen LogP contribution < -0.4 is 9.62 Å². The van der Waals surface area contributed by atoms with Gasteiger partial charge in [-0.05, 0) is 42.7 Å². The number of hydrogen-bond donors (Lipinski definition) is 1. The lowest BCUT2D eigenvalue weighted by atomic mass is 10.1. The van der Waals surface area contributed by atoms with Gasteiger partial charge >= 0.3 is 0 Å². The van der Waals surface area contributed by atoms with Crippen molar-refractivity contribution in [2.75, 3.05) is 23.7 Å². The monoisotopic (exact) mass is 561 g/mol. The topological polar surface area (TPSA) is 86.8 Å². The number of carbonyl (C=O) groups excluding carboxylic acids is 2. The van der Waals surface area contributed by atoms with Crippen LogP contribution in [0.15, 0.2) is 42.5 Å². The van der Waals surface area contributed by atoms with Crippen molar-refractivity contribution in [3.8, 4) is 0 Å². The van der Waals surface area contributed by atoms with Gasteiger partial charge in [-0.25, -0.2) is 8.42 Å². The molecule has 1 unspecified atom stereocenters. The highest BCUT2D eigenvalue weighted by atomic mass is 35.5. The van der Waals surface area contributed by atoms with E-state index >= 15 is 0 Å². The van der Waals surface area contributed by atoms with Gasteiger partial charge in [0.15, 0.2) is 0 Å². The maximum atomic E-state index is 13.6. The predicted molar refractivity (Wildman–Crippen MR) is 143 cm³/mol. The van der Waals surface area contributed by atoms with Crippen molar-refractivity contribution in [3.05, 3.63) is 63.1 Å². The lowest BCUT2D eigenvalue weighted by Crippen LogP contribution is -2.52. The number of sulfonamides is 1. The molecule has 1 N–H and O–H groups in total. The lowest BCUT2D eigenvalue weighted by molar-refractivity contribution is -0.140. The standard InChI is InChI=1S/C24H30Cl3N3O4S/c1-5-22(24(32)28-13-16(2)3)29(14-19-20(26)10-7-11-21(19)27)23(31)15-30(35(4,33)34)18-9-6-8-17(25)12-18/h6-12,16,22H,5,13-15H2,1-4H3,(H,28,32). The number of amides is 2. The third-order valence-corrected chi connectivity index (χ3v) is 7.32. The van der Waals surface area contributed by atoms with Crippen LogP contribution in [0.4, 0.5) is 5.69 Å². The number of nitrogens with one attached hydrogen (secondary N) is 1. The highest BCUT2D eigenvalue weighted by Crippen LogP contribution is 2.28. The molecular weight excluding hydrogens is 533 g/mol. The van der Waals surface area contributed by atoms with Crippen LogP contribution in [-0.2, 0) is 26.2 Å². The lowest BCUT2D eigenvalue weighted by Gasteiger charge is -2.33. The smallest absolute Gasteiger partial charge is 0.244 e. The van der Waals surface area contributed by atoms with Crippen LogP contribution in [0.2, 0.25) is 15.1 Å². The first kappa shape index (κ1) is 29.2. The number of halogens is 3. The van der Waals surface area contributed by atoms with Gasteiger partial charge in [-0.3, -0.25) is 13.9 Å². The van der Waals surface area contributed by atoms with Crippen LogP contribution in [0, 0.1) is 5.92 Å². The fraction of sp³-hybridized carbons (Fsp3) is 0.417. The molecule has 0 aliphatic heterocycles. The molecule has 2 aromatic rings. The molecule has 2 rings (SSSR count). The quantitative estimate of drug-likeness (QED) is 0.418. The molecule has 2 amide bonds. The average molecular weight is 563 g/mol. The average Bonchev–Trinajstić information content (AvgIpc) is 2.76. The minimum absolute atomic E-state index is 0.0713. The zero-order valence-electron chi connectivity index (χ0n) is 20.1. The Kier molecular flexibility index (Phi) is 10.7. The summed E-state index contributed by atoms with van der Waals surface area (Å²) in [6.45, 7) is 5.53. The van der Waals surface area contributed by atoms with Gasteiger partial charge in [0.25, 0.3) is 0 Å². The number of carbonyl (C=O) groups is 2. The molecule has 0 aliphatic rings. The van der Waals surface area contributed by atoms with Gasteiger partial charge in [0, 0.05) is 33.7 Å². The molecule has 35 heavy (non-hydrogen) atoms. The molecular formula is C24H30Cl3N3O4S. The minimum Gasteiger partial charge on any atom is -0.354 e. The summed E-state index contributed by atoms with van der Waals surface area (Å²) < 4.78 is 26.2. The Morgan fingerprint density at radius 3 is 2.14 bits per heavy atom. The van der Waals surface area contributed by atoms with E-state index in [1.54, 1.807) is 43.3 Å². The Balaban J connectivity index is 2.48. The van der Waals surface area contributed by atoms with E-state index in [-0.39, 0.29) is 24.1 Å². The van der Waals surface area contributed by atoms with Crippen LogP contribution in [0.3, 0.4) is 0 Å². The highest BCUT2D eigenvalue weighted by molar-refractivity contribution is 7.92. The molecule has 0 saturated carbocycles. The van der Waals surface area contributed by atoms with Gasteiger partial charge in [-0.15, -0.1) is 0 Å². The maximum absolute atomic E-state index is 13.6. The highest BCUT2D eigenvalue weighted by Gasteiger charge is 2.32. The predicted octanol–water partition coefficient (Wildman–Crippen LogP) is 4.99. The Morgan fingerprint density at radius 2 is 1.63 bits per heavy atom. The van der Waals surface area contributed by atoms with Crippen LogP contribution in [0.5, 0.6) is 0 Å². The van der Waals surface area contributed by atoms with Crippen LogP contribution in [0.1, 0.15) is 32.8 Å². The van der Waals surface area contributed by atoms with E-state index in [0.29, 0.717) is 33.6 Å². The normalized spacial score (nSPS) is 12.3. The fourth-order valence-corrected chi connectivity index (χ4v) is 4.98. The van der Waals surface area contributed by atoms with Crippen molar-refractivity contribution in [3.63, 3.8) is 0 Å². The van der Waals surface area contributed by atoms with E-state index in [9.17, 15) is 18.0 Å². The van der Waals surface area contributed by atoms with E-state index in [4.69, 9.17) is 34.8 Å².